The lowest BCUT2D eigenvalue weighted by molar-refractivity contribution is -0.136. The molecule has 1 rings (SSSR count). The van der Waals surface area contributed by atoms with E-state index in [9.17, 15) is 9.59 Å². The normalized spacial score (nSPS) is 10.4. The van der Waals surface area contributed by atoms with Gasteiger partial charge in [0.05, 0.1) is 5.69 Å². The molecule has 0 bridgehead atoms. The topological polar surface area (TPSA) is 74.3 Å². The molecule has 0 saturated carbocycles. The van der Waals surface area contributed by atoms with Crippen LogP contribution in [-0.4, -0.2) is 48.9 Å². The Kier molecular flexibility index (Phi) is 5.73. The summed E-state index contributed by atoms with van der Waals surface area (Å²) in [6.07, 6.45) is 0.808. The number of carbonyl (C=O) groups is 2. The van der Waals surface area contributed by atoms with Gasteiger partial charge in [0.1, 0.15) is 0 Å². The Morgan fingerprint density at radius 2 is 2.11 bits per heavy atom. The Hall–Kier alpha value is -1.47. The van der Waals surface area contributed by atoms with Crippen molar-refractivity contribution in [1.29, 1.82) is 0 Å². The number of carbonyl (C=O) groups excluding carboxylic acids is 2. The van der Waals surface area contributed by atoms with Gasteiger partial charge in [-0.15, -0.1) is 11.3 Å². The molecule has 6 nitrogen and oxygen atoms in total. The largest absolute Gasteiger partial charge is 0.348 e. The Labute approximate surface area is 110 Å². The third kappa shape index (κ3) is 5.24. The molecule has 1 heterocycles. The zero-order valence-corrected chi connectivity index (χ0v) is 11.6. The van der Waals surface area contributed by atoms with Crippen LogP contribution in [0.3, 0.4) is 0 Å². The first-order valence-corrected chi connectivity index (χ1v) is 6.53. The molecule has 0 aliphatic heterocycles. The van der Waals surface area contributed by atoms with Gasteiger partial charge in [-0.2, -0.15) is 0 Å². The van der Waals surface area contributed by atoms with Crippen molar-refractivity contribution in [2.75, 3.05) is 32.5 Å². The van der Waals surface area contributed by atoms with Crippen molar-refractivity contribution in [1.82, 2.24) is 15.2 Å². The number of aromatic nitrogens is 1. The van der Waals surface area contributed by atoms with Crippen molar-refractivity contribution in [3.8, 4) is 0 Å². The molecule has 18 heavy (non-hydrogen) atoms. The SMILES string of the molecule is Cc1csc(NC(=O)C(=O)NCCCN(C)C)n1. The molecule has 0 aromatic carbocycles. The van der Waals surface area contributed by atoms with E-state index in [1.165, 1.54) is 11.3 Å². The summed E-state index contributed by atoms with van der Waals surface area (Å²) in [5.41, 5.74) is 0.821. The Morgan fingerprint density at radius 3 is 2.67 bits per heavy atom. The van der Waals surface area contributed by atoms with Crippen LogP contribution < -0.4 is 10.6 Å². The zero-order valence-electron chi connectivity index (χ0n) is 10.8. The highest BCUT2D eigenvalue weighted by atomic mass is 32.1. The maximum atomic E-state index is 11.5. The third-order valence-corrected chi connectivity index (χ3v) is 2.99. The summed E-state index contributed by atoms with van der Waals surface area (Å²) in [7, 11) is 3.92. The second-order valence-electron chi connectivity index (χ2n) is 4.16. The summed E-state index contributed by atoms with van der Waals surface area (Å²) in [4.78, 5) is 29.0. The molecule has 1 aromatic heterocycles. The lowest BCUT2D eigenvalue weighted by Crippen LogP contribution is -2.36. The molecular formula is C11H18N4O2S. The van der Waals surface area contributed by atoms with E-state index in [1.807, 2.05) is 31.3 Å². The zero-order chi connectivity index (χ0) is 13.5. The molecule has 1 aromatic rings. The third-order valence-electron chi connectivity index (χ3n) is 2.11. The number of thiazole rings is 1. The number of aryl methyl sites for hydroxylation is 1. The van der Waals surface area contributed by atoms with Gasteiger partial charge in [-0.25, -0.2) is 4.98 Å². The second kappa shape index (κ2) is 7.07. The Bertz CT molecular complexity index is 417. The summed E-state index contributed by atoms with van der Waals surface area (Å²) >= 11 is 1.30. The van der Waals surface area contributed by atoms with Crippen LogP contribution in [0.1, 0.15) is 12.1 Å². The van der Waals surface area contributed by atoms with Crippen molar-refractivity contribution in [3.05, 3.63) is 11.1 Å². The molecule has 0 radical (unpaired) electrons. The minimum Gasteiger partial charge on any atom is -0.348 e. The van der Waals surface area contributed by atoms with Gasteiger partial charge >= 0.3 is 11.8 Å². The van der Waals surface area contributed by atoms with E-state index in [2.05, 4.69) is 15.6 Å². The molecule has 0 aliphatic rings. The van der Waals surface area contributed by atoms with Crippen molar-refractivity contribution in [3.63, 3.8) is 0 Å². The maximum absolute atomic E-state index is 11.5. The van der Waals surface area contributed by atoms with Crippen LogP contribution in [0.2, 0.25) is 0 Å². The number of rotatable bonds is 5. The molecule has 2 N–H and O–H groups in total. The molecule has 0 atom stereocenters. The minimum absolute atomic E-state index is 0.445. The fraction of sp³-hybridized carbons (Fsp3) is 0.545. The van der Waals surface area contributed by atoms with Crippen LogP contribution in [0.25, 0.3) is 0 Å². The van der Waals surface area contributed by atoms with Gasteiger partial charge < -0.3 is 10.2 Å². The van der Waals surface area contributed by atoms with Crippen LogP contribution in [0.4, 0.5) is 5.13 Å². The number of hydrogen-bond acceptors (Lipinski definition) is 5. The predicted octanol–water partition coefficient (Wildman–Crippen LogP) is 0.458. The fourth-order valence-corrected chi connectivity index (χ4v) is 1.93. The summed E-state index contributed by atoms with van der Waals surface area (Å²) in [5.74, 6) is -1.30. The molecule has 0 aliphatic carbocycles. The highest BCUT2D eigenvalue weighted by molar-refractivity contribution is 7.14. The molecule has 7 heteroatoms. The van der Waals surface area contributed by atoms with Crippen LogP contribution in [0.15, 0.2) is 5.38 Å². The van der Waals surface area contributed by atoms with E-state index in [0.29, 0.717) is 11.7 Å². The summed E-state index contributed by atoms with van der Waals surface area (Å²) in [6.45, 7) is 3.18. The highest BCUT2D eigenvalue weighted by Crippen LogP contribution is 2.13. The number of nitrogens with zero attached hydrogens (tertiary/aromatic N) is 2. The predicted molar refractivity (Wildman–Crippen MR) is 71.7 cm³/mol. The first-order chi connectivity index (χ1) is 8.49. The average molecular weight is 270 g/mol. The van der Waals surface area contributed by atoms with Crippen LogP contribution in [0.5, 0.6) is 0 Å². The first kappa shape index (κ1) is 14.6. The van der Waals surface area contributed by atoms with E-state index in [4.69, 9.17) is 0 Å². The number of nitrogens with one attached hydrogen (secondary N) is 2. The van der Waals surface area contributed by atoms with E-state index in [1.54, 1.807) is 0 Å². The molecule has 0 fully saturated rings. The van der Waals surface area contributed by atoms with Crippen molar-refractivity contribution >= 4 is 28.3 Å². The maximum Gasteiger partial charge on any atom is 0.315 e. The molecule has 100 valence electrons. The lowest BCUT2D eigenvalue weighted by Gasteiger charge is -2.09. The van der Waals surface area contributed by atoms with Gasteiger partial charge in [-0.3, -0.25) is 14.9 Å². The standard InChI is InChI=1S/C11H18N4O2S/c1-8-7-18-11(13-8)14-10(17)9(16)12-5-4-6-15(2)3/h7H,4-6H2,1-3H3,(H,12,16)(H,13,14,17). The first-order valence-electron chi connectivity index (χ1n) is 5.65. The van der Waals surface area contributed by atoms with Crippen LogP contribution in [-0.2, 0) is 9.59 Å². The number of amides is 2. The molecule has 0 spiro atoms. The summed E-state index contributed by atoms with van der Waals surface area (Å²) < 4.78 is 0. The van der Waals surface area contributed by atoms with Crippen LogP contribution >= 0.6 is 11.3 Å². The number of anilines is 1. The van der Waals surface area contributed by atoms with Crippen molar-refractivity contribution in [2.45, 2.75) is 13.3 Å². The van der Waals surface area contributed by atoms with Crippen molar-refractivity contribution in [2.24, 2.45) is 0 Å². The van der Waals surface area contributed by atoms with Gasteiger partial charge in [-0.1, -0.05) is 0 Å². The lowest BCUT2D eigenvalue weighted by atomic mass is 10.4. The Morgan fingerprint density at radius 1 is 1.39 bits per heavy atom. The monoisotopic (exact) mass is 270 g/mol. The summed E-state index contributed by atoms with van der Waals surface area (Å²) in [5, 5.41) is 7.28. The fourth-order valence-electron chi connectivity index (χ4n) is 1.24. The van der Waals surface area contributed by atoms with E-state index < -0.39 is 11.8 Å². The molecule has 0 unspecified atom stereocenters. The minimum atomic E-state index is -0.672. The van der Waals surface area contributed by atoms with E-state index >= 15 is 0 Å². The smallest absolute Gasteiger partial charge is 0.315 e. The highest BCUT2D eigenvalue weighted by Gasteiger charge is 2.14. The quantitative estimate of drug-likeness (QED) is 0.602. The van der Waals surface area contributed by atoms with Gasteiger partial charge in [0.2, 0.25) is 0 Å². The average Bonchev–Trinajstić information content (AvgIpc) is 2.69. The van der Waals surface area contributed by atoms with Gasteiger partial charge in [0, 0.05) is 11.9 Å². The molecule has 0 saturated heterocycles. The van der Waals surface area contributed by atoms with Crippen molar-refractivity contribution < 1.29 is 9.59 Å². The van der Waals surface area contributed by atoms with Gasteiger partial charge in [0.25, 0.3) is 0 Å². The van der Waals surface area contributed by atoms with E-state index in [-0.39, 0.29) is 0 Å². The Balaban J connectivity index is 2.27. The van der Waals surface area contributed by atoms with E-state index in [0.717, 1.165) is 18.7 Å². The van der Waals surface area contributed by atoms with Crippen LogP contribution in [0, 0.1) is 6.92 Å². The number of hydrogen-bond donors (Lipinski definition) is 2. The van der Waals surface area contributed by atoms with Gasteiger partial charge in [0.15, 0.2) is 5.13 Å². The molecular weight excluding hydrogens is 252 g/mol. The summed E-state index contributed by atoms with van der Waals surface area (Å²) in [6, 6.07) is 0. The molecule has 2 amide bonds. The van der Waals surface area contributed by atoms with Gasteiger partial charge in [-0.05, 0) is 34.0 Å². The second-order valence-corrected chi connectivity index (χ2v) is 5.02.